The Morgan fingerprint density at radius 2 is 1.89 bits per heavy atom. The first kappa shape index (κ1) is 16.6. The summed E-state index contributed by atoms with van der Waals surface area (Å²) in [6, 6.07) is -2.28. The third kappa shape index (κ3) is 6.40. The second-order valence-electron chi connectivity index (χ2n) is 3.69. The standard InChI is InChI=1S/C9H18N2O6S/c1-3-18(16,17)5-4-10-9(15)11-7(6(2)12)8(13)14/h6-7,12H,3-5H2,1-2H3,(H,13,14)(H2,10,11,15). The molecule has 0 rings (SSSR count). The number of carbonyl (C=O) groups excluding carboxylic acids is 1. The lowest BCUT2D eigenvalue weighted by Crippen LogP contribution is -2.51. The highest BCUT2D eigenvalue weighted by Gasteiger charge is 2.24. The Morgan fingerprint density at radius 1 is 1.33 bits per heavy atom. The van der Waals surface area contributed by atoms with E-state index in [1.54, 1.807) is 0 Å². The third-order valence-corrected chi connectivity index (χ3v) is 3.88. The highest BCUT2D eigenvalue weighted by atomic mass is 32.2. The summed E-state index contributed by atoms with van der Waals surface area (Å²) >= 11 is 0. The number of carboxylic acids is 1. The lowest BCUT2D eigenvalue weighted by Gasteiger charge is -2.17. The maximum atomic E-state index is 11.2. The Morgan fingerprint density at radius 3 is 2.28 bits per heavy atom. The fraction of sp³-hybridized carbons (Fsp3) is 0.778. The van der Waals surface area contributed by atoms with Crippen molar-refractivity contribution in [1.29, 1.82) is 0 Å². The molecule has 2 amide bonds. The molecule has 106 valence electrons. The molecule has 0 spiro atoms. The molecular formula is C9H18N2O6S. The van der Waals surface area contributed by atoms with E-state index in [4.69, 9.17) is 10.2 Å². The molecule has 2 unspecified atom stereocenters. The van der Waals surface area contributed by atoms with Gasteiger partial charge in [-0.05, 0) is 6.92 Å². The van der Waals surface area contributed by atoms with Crippen LogP contribution in [0.4, 0.5) is 4.79 Å². The smallest absolute Gasteiger partial charge is 0.328 e. The van der Waals surface area contributed by atoms with Gasteiger partial charge in [-0.25, -0.2) is 18.0 Å². The quantitative estimate of drug-likeness (QED) is 0.452. The molecule has 8 nitrogen and oxygen atoms in total. The summed E-state index contributed by atoms with van der Waals surface area (Å²) in [6.45, 7) is 2.60. The van der Waals surface area contributed by atoms with E-state index in [1.165, 1.54) is 13.8 Å². The molecule has 9 heteroatoms. The number of urea groups is 1. The van der Waals surface area contributed by atoms with Gasteiger partial charge in [-0.2, -0.15) is 0 Å². The molecule has 18 heavy (non-hydrogen) atoms. The number of sulfone groups is 1. The van der Waals surface area contributed by atoms with Gasteiger partial charge < -0.3 is 20.8 Å². The zero-order valence-electron chi connectivity index (χ0n) is 10.2. The number of hydrogen-bond acceptors (Lipinski definition) is 5. The molecule has 0 heterocycles. The van der Waals surface area contributed by atoms with E-state index in [2.05, 4.69) is 5.32 Å². The van der Waals surface area contributed by atoms with Crippen molar-refractivity contribution < 1.29 is 28.2 Å². The average molecular weight is 282 g/mol. The third-order valence-electron chi connectivity index (χ3n) is 2.17. The number of carboxylic acid groups (broad SMARTS) is 1. The Balaban J connectivity index is 4.16. The Bertz CT molecular complexity index is 392. The molecule has 0 aromatic rings. The van der Waals surface area contributed by atoms with Gasteiger partial charge in [-0.3, -0.25) is 0 Å². The first-order valence-electron chi connectivity index (χ1n) is 5.35. The first-order chi connectivity index (χ1) is 8.19. The number of carbonyl (C=O) groups is 2. The van der Waals surface area contributed by atoms with Crippen molar-refractivity contribution in [3.05, 3.63) is 0 Å². The van der Waals surface area contributed by atoms with Crippen LogP contribution < -0.4 is 10.6 Å². The molecule has 0 aliphatic rings. The Labute approximate surface area is 105 Å². The van der Waals surface area contributed by atoms with Gasteiger partial charge in [-0.15, -0.1) is 0 Å². The van der Waals surface area contributed by atoms with Crippen LogP contribution in [-0.2, 0) is 14.6 Å². The first-order valence-corrected chi connectivity index (χ1v) is 7.17. The number of aliphatic hydroxyl groups excluding tert-OH is 1. The lowest BCUT2D eigenvalue weighted by atomic mass is 10.2. The fourth-order valence-corrected chi connectivity index (χ4v) is 1.75. The molecule has 0 aromatic carbocycles. The van der Waals surface area contributed by atoms with Crippen molar-refractivity contribution in [2.24, 2.45) is 0 Å². The fourth-order valence-electron chi connectivity index (χ4n) is 1.05. The number of rotatable bonds is 7. The van der Waals surface area contributed by atoms with Crippen LogP contribution in [0.25, 0.3) is 0 Å². The predicted octanol–water partition coefficient (Wildman–Crippen LogP) is -1.45. The van der Waals surface area contributed by atoms with Crippen molar-refractivity contribution in [2.45, 2.75) is 26.0 Å². The van der Waals surface area contributed by atoms with Gasteiger partial charge in [0.05, 0.1) is 11.9 Å². The van der Waals surface area contributed by atoms with Crippen LogP contribution in [0.2, 0.25) is 0 Å². The normalized spacial score (nSPS) is 14.6. The highest BCUT2D eigenvalue weighted by Crippen LogP contribution is 1.93. The topological polar surface area (TPSA) is 133 Å². The van der Waals surface area contributed by atoms with E-state index >= 15 is 0 Å². The minimum Gasteiger partial charge on any atom is -0.480 e. The molecule has 0 aliphatic heterocycles. The van der Waals surface area contributed by atoms with Crippen LogP contribution in [0, 0.1) is 0 Å². The summed E-state index contributed by atoms with van der Waals surface area (Å²) in [5, 5.41) is 22.0. The van der Waals surface area contributed by atoms with Crippen LogP contribution in [0.15, 0.2) is 0 Å². The maximum absolute atomic E-state index is 11.2. The number of amides is 2. The molecule has 0 radical (unpaired) electrons. The van der Waals surface area contributed by atoms with E-state index in [9.17, 15) is 18.0 Å². The second kappa shape index (κ2) is 7.17. The summed E-state index contributed by atoms with van der Waals surface area (Å²) in [6.07, 6.45) is -1.26. The van der Waals surface area contributed by atoms with Gasteiger partial charge >= 0.3 is 12.0 Å². The maximum Gasteiger partial charge on any atom is 0.328 e. The van der Waals surface area contributed by atoms with Crippen molar-refractivity contribution >= 4 is 21.8 Å². The summed E-state index contributed by atoms with van der Waals surface area (Å²) in [4.78, 5) is 21.9. The molecule has 2 atom stereocenters. The van der Waals surface area contributed by atoms with E-state index in [1.807, 2.05) is 5.32 Å². The number of aliphatic carboxylic acids is 1. The van der Waals surface area contributed by atoms with E-state index in [-0.39, 0.29) is 18.1 Å². The Kier molecular flexibility index (Phi) is 6.63. The van der Waals surface area contributed by atoms with Gasteiger partial charge in [0.2, 0.25) is 0 Å². The highest BCUT2D eigenvalue weighted by molar-refractivity contribution is 7.91. The molecule has 0 saturated carbocycles. The lowest BCUT2D eigenvalue weighted by molar-refractivity contribution is -0.141. The molecule has 0 fully saturated rings. The summed E-state index contributed by atoms with van der Waals surface area (Å²) in [5.41, 5.74) is 0. The van der Waals surface area contributed by atoms with E-state index in [0.29, 0.717) is 0 Å². The van der Waals surface area contributed by atoms with Gasteiger partial charge in [0.25, 0.3) is 0 Å². The summed E-state index contributed by atoms with van der Waals surface area (Å²) in [5.74, 6) is -1.62. The zero-order chi connectivity index (χ0) is 14.3. The van der Waals surface area contributed by atoms with Gasteiger partial charge in [-0.1, -0.05) is 6.92 Å². The van der Waals surface area contributed by atoms with Crippen LogP contribution in [0.1, 0.15) is 13.8 Å². The molecular weight excluding hydrogens is 264 g/mol. The van der Waals surface area contributed by atoms with Crippen molar-refractivity contribution in [2.75, 3.05) is 18.1 Å². The summed E-state index contributed by atoms with van der Waals surface area (Å²) < 4.78 is 22.2. The molecule has 0 bridgehead atoms. The molecule has 0 saturated heterocycles. The second-order valence-corrected chi connectivity index (χ2v) is 6.17. The number of nitrogens with one attached hydrogen (secondary N) is 2. The Hall–Kier alpha value is -1.35. The minimum atomic E-state index is -3.18. The van der Waals surface area contributed by atoms with E-state index in [0.717, 1.165) is 0 Å². The number of aliphatic hydroxyl groups is 1. The van der Waals surface area contributed by atoms with E-state index < -0.39 is 34.0 Å². The van der Waals surface area contributed by atoms with Crippen molar-refractivity contribution in [3.8, 4) is 0 Å². The van der Waals surface area contributed by atoms with Gasteiger partial charge in [0.1, 0.15) is 0 Å². The molecule has 4 N–H and O–H groups in total. The largest absolute Gasteiger partial charge is 0.480 e. The van der Waals surface area contributed by atoms with Crippen LogP contribution in [0.5, 0.6) is 0 Å². The van der Waals surface area contributed by atoms with Gasteiger partial charge in [0.15, 0.2) is 15.9 Å². The van der Waals surface area contributed by atoms with Crippen LogP contribution in [0.3, 0.4) is 0 Å². The van der Waals surface area contributed by atoms with Crippen LogP contribution >= 0.6 is 0 Å². The van der Waals surface area contributed by atoms with Gasteiger partial charge in [0, 0.05) is 12.3 Å². The molecule has 0 aromatic heterocycles. The van der Waals surface area contributed by atoms with Crippen molar-refractivity contribution in [3.63, 3.8) is 0 Å². The summed E-state index contributed by atoms with van der Waals surface area (Å²) in [7, 11) is -3.18. The van der Waals surface area contributed by atoms with Crippen LogP contribution in [-0.4, -0.2) is 60.8 Å². The molecule has 0 aliphatic carbocycles. The zero-order valence-corrected chi connectivity index (χ0v) is 11.0. The van der Waals surface area contributed by atoms with Crippen molar-refractivity contribution in [1.82, 2.24) is 10.6 Å². The minimum absolute atomic E-state index is 0.0261. The number of hydrogen-bond donors (Lipinski definition) is 4. The monoisotopic (exact) mass is 282 g/mol. The average Bonchev–Trinajstić information content (AvgIpc) is 2.24. The predicted molar refractivity (Wildman–Crippen MR) is 64.0 cm³/mol. The SMILES string of the molecule is CCS(=O)(=O)CCNC(=O)NC(C(=O)O)C(C)O.